The number of carbonyl (C=O) groups excluding carboxylic acids is 1. The van der Waals surface area contributed by atoms with E-state index in [-0.39, 0.29) is 27.1 Å². The minimum atomic E-state index is -3.51. The van der Waals surface area contributed by atoms with Crippen LogP contribution < -0.4 is 10.0 Å². The standard InChI is InChI=1S/C15H12Cl2FN3O3S/c16-11-5-8(1-4-13(11)18)20-15(22)10-6-14(19-7-12(10)17)21-25(23,24)9-2-3-9/h1,4-7,9H,2-3H2,(H,19,21)(H,20,22). The zero-order valence-electron chi connectivity index (χ0n) is 12.6. The van der Waals surface area contributed by atoms with Crippen LogP contribution in [-0.2, 0) is 10.0 Å². The second-order valence-corrected chi connectivity index (χ2v) is 8.25. The van der Waals surface area contributed by atoms with Gasteiger partial charge in [-0.2, -0.15) is 0 Å². The monoisotopic (exact) mass is 403 g/mol. The summed E-state index contributed by atoms with van der Waals surface area (Å²) in [5.41, 5.74) is 0.287. The van der Waals surface area contributed by atoms with Gasteiger partial charge in [0.15, 0.2) is 0 Å². The number of hydrogen-bond donors (Lipinski definition) is 2. The Labute approximate surface area is 153 Å². The number of nitrogens with zero attached hydrogens (tertiary/aromatic N) is 1. The number of sulfonamides is 1. The highest BCUT2D eigenvalue weighted by Crippen LogP contribution is 2.30. The van der Waals surface area contributed by atoms with Gasteiger partial charge in [0.05, 0.1) is 20.9 Å². The maximum Gasteiger partial charge on any atom is 0.257 e. The minimum absolute atomic E-state index is 0.00131. The molecular weight excluding hydrogens is 392 g/mol. The molecule has 3 rings (SSSR count). The fourth-order valence-corrected chi connectivity index (χ4v) is 3.74. The van der Waals surface area contributed by atoms with Gasteiger partial charge in [-0.25, -0.2) is 17.8 Å². The summed E-state index contributed by atoms with van der Waals surface area (Å²) in [6.07, 6.45) is 2.38. The van der Waals surface area contributed by atoms with E-state index >= 15 is 0 Å². The molecule has 1 aliphatic rings. The molecule has 132 valence electrons. The number of nitrogens with one attached hydrogen (secondary N) is 2. The van der Waals surface area contributed by atoms with Gasteiger partial charge in [0.1, 0.15) is 11.6 Å². The lowest BCUT2D eigenvalue weighted by molar-refractivity contribution is 0.102. The third-order valence-corrected chi connectivity index (χ3v) is 5.92. The van der Waals surface area contributed by atoms with E-state index in [1.807, 2.05) is 0 Å². The minimum Gasteiger partial charge on any atom is -0.322 e. The van der Waals surface area contributed by atoms with Crippen molar-refractivity contribution in [3.63, 3.8) is 0 Å². The van der Waals surface area contributed by atoms with E-state index in [9.17, 15) is 17.6 Å². The van der Waals surface area contributed by atoms with E-state index in [1.165, 1.54) is 24.4 Å². The fraction of sp³-hybridized carbons (Fsp3) is 0.200. The van der Waals surface area contributed by atoms with Gasteiger partial charge in [0.25, 0.3) is 5.91 Å². The summed E-state index contributed by atoms with van der Waals surface area (Å²) >= 11 is 11.6. The summed E-state index contributed by atoms with van der Waals surface area (Å²) in [7, 11) is -3.51. The smallest absolute Gasteiger partial charge is 0.257 e. The van der Waals surface area contributed by atoms with Crippen LogP contribution in [0, 0.1) is 5.82 Å². The SMILES string of the molecule is O=C(Nc1ccc(F)c(Cl)c1)c1cc(NS(=O)(=O)C2CC2)ncc1Cl. The van der Waals surface area contributed by atoms with Gasteiger partial charge >= 0.3 is 0 Å². The number of halogens is 3. The zero-order valence-corrected chi connectivity index (χ0v) is 14.9. The summed E-state index contributed by atoms with van der Waals surface area (Å²) in [5, 5.41) is 1.99. The number of amides is 1. The summed E-state index contributed by atoms with van der Waals surface area (Å²) in [4.78, 5) is 16.2. The van der Waals surface area contributed by atoms with E-state index < -0.39 is 27.0 Å². The Balaban J connectivity index is 1.81. The van der Waals surface area contributed by atoms with Crippen LogP contribution in [0.1, 0.15) is 23.2 Å². The lowest BCUT2D eigenvalue weighted by atomic mass is 10.2. The Morgan fingerprint density at radius 2 is 1.92 bits per heavy atom. The molecule has 2 N–H and O–H groups in total. The Hall–Kier alpha value is -1.90. The molecule has 1 fully saturated rings. The lowest BCUT2D eigenvalue weighted by Gasteiger charge is -2.10. The van der Waals surface area contributed by atoms with Crippen molar-refractivity contribution in [1.82, 2.24) is 4.98 Å². The molecule has 0 atom stereocenters. The maximum atomic E-state index is 13.2. The average molecular weight is 404 g/mol. The number of pyridine rings is 1. The van der Waals surface area contributed by atoms with Crippen molar-refractivity contribution in [2.75, 3.05) is 10.0 Å². The zero-order chi connectivity index (χ0) is 18.2. The molecule has 1 aliphatic carbocycles. The first-order valence-corrected chi connectivity index (χ1v) is 9.50. The van der Waals surface area contributed by atoms with Gasteiger partial charge in [0.2, 0.25) is 10.0 Å². The largest absolute Gasteiger partial charge is 0.322 e. The first-order valence-electron chi connectivity index (χ1n) is 7.20. The van der Waals surface area contributed by atoms with Gasteiger partial charge in [-0.05, 0) is 37.1 Å². The highest BCUT2D eigenvalue weighted by molar-refractivity contribution is 7.93. The second kappa shape index (κ2) is 6.78. The highest BCUT2D eigenvalue weighted by atomic mass is 35.5. The van der Waals surface area contributed by atoms with Crippen LogP contribution in [-0.4, -0.2) is 24.6 Å². The van der Waals surface area contributed by atoms with E-state index in [1.54, 1.807) is 0 Å². The molecule has 1 aromatic heterocycles. The van der Waals surface area contributed by atoms with E-state index in [0.717, 1.165) is 6.07 Å². The molecule has 1 saturated carbocycles. The summed E-state index contributed by atoms with van der Waals surface area (Å²) in [6.45, 7) is 0. The molecular formula is C15H12Cl2FN3O3S. The number of benzene rings is 1. The molecule has 25 heavy (non-hydrogen) atoms. The predicted octanol–water partition coefficient (Wildman–Crippen LogP) is 3.68. The first-order chi connectivity index (χ1) is 11.8. The molecule has 0 unspecified atom stereocenters. The number of anilines is 2. The molecule has 6 nitrogen and oxygen atoms in total. The van der Waals surface area contributed by atoms with Gasteiger partial charge in [0, 0.05) is 11.9 Å². The predicted molar refractivity (Wildman–Crippen MR) is 94.2 cm³/mol. The van der Waals surface area contributed by atoms with Gasteiger partial charge in [-0.3, -0.25) is 9.52 Å². The summed E-state index contributed by atoms with van der Waals surface area (Å²) in [5.74, 6) is -1.22. The van der Waals surface area contributed by atoms with Crippen LogP contribution in [0.25, 0.3) is 0 Å². The third kappa shape index (κ3) is 4.20. The maximum absolute atomic E-state index is 13.2. The van der Waals surface area contributed by atoms with Crippen molar-refractivity contribution in [3.8, 4) is 0 Å². The van der Waals surface area contributed by atoms with Crippen LogP contribution >= 0.6 is 23.2 Å². The summed E-state index contributed by atoms with van der Waals surface area (Å²) in [6, 6.07) is 4.94. The first kappa shape index (κ1) is 17.9. The molecule has 0 bridgehead atoms. The summed E-state index contributed by atoms with van der Waals surface area (Å²) < 4.78 is 39.4. The van der Waals surface area contributed by atoms with Gasteiger partial charge in [-0.1, -0.05) is 23.2 Å². The van der Waals surface area contributed by atoms with Crippen LogP contribution in [0.2, 0.25) is 10.0 Å². The third-order valence-electron chi connectivity index (χ3n) is 3.49. The molecule has 1 aromatic carbocycles. The number of aromatic nitrogens is 1. The molecule has 0 aliphatic heterocycles. The van der Waals surface area contributed by atoms with Crippen molar-refractivity contribution in [2.45, 2.75) is 18.1 Å². The topological polar surface area (TPSA) is 88.2 Å². The van der Waals surface area contributed by atoms with Crippen LogP contribution in [0.15, 0.2) is 30.5 Å². The van der Waals surface area contributed by atoms with Crippen molar-refractivity contribution >= 4 is 50.6 Å². The molecule has 1 heterocycles. The van der Waals surface area contributed by atoms with Crippen molar-refractivity contribution in [3.05, 3.63) is 51.9 Å². The normalized spacial score (nSPS) is 14.2. The van der Waals surface area contributed by atoms with Crippen molar-refractivity contribution in [1.29, 1.82) is 0 Å². The Morgan fingerprint density at radius 3 is 2.56 bits per heavy atom. The molecule has 10 heteroatoms. The Kier molecular flexibility index (Phi) is 4.86. The number of hydrogen-bond acceptors (Lipinski definition) is 4. The van der Waals surface area contributed by atoms with Crippen LogP contribution in [0.5, 0.6) is 0 Å². The number of rotatable bonds is 5. The van der Waals surface area contributed by atoms with E-state index in [2.05, 4.69) is 15.0 Å². The highest BCUT2D eigenvalue weighted by Gasteiger charge is 2.36. The molecule has 2 aromatic rings. The van der Waals surface area contributed by atoms with Crippen LogP contribution in [0.4, 0.5) is 15.9 Å². The van der Waals surface area contributed by atoms with Crippen molar-refractivity contribution in [2.24, 2.45) is 0 Å². The molecule has 0 saturated heterocycles. The Morgan fingerprint density at radius 1 is 1.20 bits per heavy atom. The molecule has 0 spiro atoms. The lowest BCUT2D eigenvalue weighted by Crippen LogP contribution is -2.19. The van der Waals surface area contributed by atoms with Gasteiger partial charge in [-0.15, -0.1) is 0 Å². The number of carbonyl (C=O) groups is 1. The molecule has 0 radical (unpaired) electrons. The fourth-order valence-electron chi connectivity index (χ4n) is 2.05. The molecule has 1 amide bonds. The van der Waals surface area contributed by atoms with Gasteiger partial charge < -0.3 is 5.32 Å². The second-order valence-electron chi connectivity index (χ2n) is 5.48. The quantitative estimate of drug-likeness (QED) is 0.796. The van der Waals surface area contributed by atoms with Crippen molar-refractivity contribution < 1.29 is 17.6 Å². The average Bonchev–Trinajstić information content (AvgIpc) is 3.38. The van der Waals surface area contributed by atoms with E-state index in [4.69, 9.17) is 23.2 Å². The van der Waals surface area contributed by atoms with E-state index in [0.29, 0.717) is 12.8 Å². The Bertz CT molecular complexity index is 949. The van der Waals surface area contributed by atoms with Crippen LogP contribution in [0.3, 0.4) is 0 Å².